The summed E-state index contributed by atoms with van der Waals surface area (Å²) in [5.74, 6) is -0.174. The molecule has 5 nitrogen and oxygen atoms in total. The van der Waals surface area contributed by atoms with E-state index in [1.165, 1.54) is 13.1 Å². The number of rotatable bonds is 5. The highest BCUT2D eigenvalue weighted by molar-refractivity contribution is 7.91. The fraction of sp³-hybridized carbons (Fsp3) is 0.389. The van der Waals surface area contributed by atoms with Crippen molar-refractivity contribution >= 4 is 27.2 Å². The quantitative estimate of drug-likeness (QED) is 0.584. The number of hydrogen-bond donors (Lipinski definition) is 0. The molecule has 0 atom stereocenters. The lowest BCUT2D eigenvalue weighted by atomic mass is 10.0. The molecule has 0 saturated carbocycles. The maximum Gasteiger partial charge on any atom is 0.222 e. The van der Waals surface area contributed by atoms with Gasteiger partial charge < -0.3 is 0 Å². The van der Waals surface area contributed by atoms with Crippen LogP contribution in [0, 0.1) is 0 Å². The van der Waals surface area contributed by atoms with Crippen LogP contribution < -0.4 is 0 Å². The predicted molar refractivity (Wildman–Crippen MR) is 98.7 cm³/mol. The summed E-state index contributed by atoms with van der Waals surface area (Å²) >= 11 is 5.84. The van der Waals surface area contributed by atoms with Gasteiger partial charge in [0.05, 0.1) is 21.8 Å². The maximum atomic E-state index is 12.4. The predicted octanol–water partition coefficient (Wildman–Crippen LogP) is 3.64. The number of carbonyl (C=O) groups excluding carboxylic acids is 1. The molecule has 0 spiro atoms. The number of Topliss-reactive ketones (excluding diaryl/α,β-unsaturated/α-hetero) is 1. The zero-order chi connectivity index (χ0) is 18.8. The summed E-state index contributed by atoms with van der Waals surface area (Å²) in [6.07, 6.45) is 1.79. The minimum absolute atomic E-state index is 0.0333. The van der Waals surface area contributed by atoms with Gasteiger partial charge in [-0.1, -0.05) is 24.3 Å². The summed E-state index contributed by atoms with van der Waals surface area (Å²) in [4.78, 5) is 19.7. The Morgan fingerprint density at radius 2 is 1.84 bits per heavy atom. The van der Waals surface area contributed by atoms with Crippen LogP contribution in [-0.4, -0.2) is 28.9 Å². The van der Waals surface area contributed by atoms with Crippen LogP contribution in [0.25, 0.3) is 0 Å². The van der Waals surface area contributed by atoms with Crippen molar-refractivity contribution in [1.29, 1.82) is 0 Å². The van der Waals surface area contributed by atoms with Gasteiger partial charge in [0.15, 0.2) is 15.6 Å². The van der Waals surface area contributed by atoms with Gasteiger partial charge in [0, 0.05) is 12.6 Å². The molecular weight excluding hydrogens is 360 g/mol. The largest absolute Gasteiger partial charge is 0.294 e. The van der Waals surface area contributed by atoms with Crippen LogP contribution in [0.3, 0.4) is 0 Å². The first-order valence-electron chi connectivity index (χ1n) is 7.82. The van der Waals surface area contributed by atoms with Gasteiger partial charge in [-0.15, -0.1) is 0 Å². The van der Waals surface area contributed by atoms with E-state index < -0.39 is 14.6 Å². The Hall–Kier alpha value is -1.79. The van der Waals surface area contributed by atoms with Crippen LogP contribution in [0.15, 0.2) is 30.5 Å². The normalized spacial score (nSPS) is 12.2. The molecule has 0 bridgehead atoms. The minimum Gasteiger partial charge on any atom is -0.294 e. The molecule has 25 heavy (non-hydrogen) atoms. The third-order valence-corrected chi connectivity index (χ3v) is 6.63. The second kappa shape index (κ2) is 7.22. The van der Waals surface area contributed by atoms with Gasteiger partial charge in [0.2, 0.25) is 5.28 Å². The van der Waals surface area contributed by atoms with Gasteiger partial charge in [-0.25, -0.2) is 18.4 Å². The van der Waals surface area contributed by atoms with Gasteiger partial charge in [-0.2, -0.15) is 0 Å². The average molecular weight is 381 g/mol. The number of nitrogens with zero attached hydrogens (tertiary/aromatic N) is 2. The van der Waals surface area contributed by atoms with Crippen molar-refractivity contribution in [3.05, 3.63) is 58.1 Å². The molecule has 7 heteroatoms. The molecule has 2 rings (SSSR count). The number of carbonyl (C=O) groups is 1. The standard InChI is InChI=1S/C18H21ClN2O3S/c1-12(22)15-10-20-17(19)21-16(15)9-13-6-5-7-14(8-13)11-25(23,24)18(2,3)4/h5-8,10H,9,11H2,1-4H3. The zero-order valence-corrected chi connectivity index (χ0v) is 16.3. The van der Waals surface area contributed by atoms with Crippen molar-refractivity contribution in [2.45, 2.75) is 44.6 Å². The first-order valence-corrected chi connectivity index (χ1v) is 9.85. The summed E-state index contributed by atoms with van der Waals surface area (Å²) in [7, 11) is -3.27. The molecule has 2 aromatic rings. The lowest BCUT2D eigenvalue weighted by Crippen LogP contribution is -2.29. The van der Waals surface area contributed by atoms with Crippen LogP contribution in [0.2, 0.25) is 5.28 Å². The van der Waals surface area contributed by atoms with Crippen molar-refractivity contribution in [3.63, 3.8) is 0 Å². The van der Waals surface area contributed by atoms with E-state index in [4.69, 9.17) is 11.6 Å². The van der Waals surface area contributed by atoms with Gasteiger partial charge >= 0.3 is 0 Å². The Kier molecular flexibility index (Phi) is 5.64. The Morgan fingerprint density at radius 1 is 1.20 bits per heavy atom. The Bertz CT molecular complexity index is 903. The fourth-order valence-electron chi connectivity index (χ4n) is 2.28. The van der Waals surface area contributed by atoms with Gasteiger partial charge in [0.25, 0.3) is 0 Å². The number of halogens is 1. The molecule has 0 amide bonds. The molecule has 0 N–H and O–H groups in total. The van der Waals surface area contributed by atoms with Gasteiger partial charge in [-0.05, 0) is 50.4 Å². The van der Waals surface area contributed by atoms with Crippen molar-refractivity contribution in [1.82, 2.24) is 9.97 Å². The molecule has 0 aliphatic rings. The van der Waals surface area contributed by atoms with Crippen molar-refractivity contribution in [2.75, 3.05) is 0 Å². The monoisotopic (exact) mass is 380 g/mol. The number of sulfone groups is 1. The van der Waals surface area contributed by atoms with Gasteiger partial charge in [-0.3, -0.25) is 4.79 Å². The maximum absolute atomic E-state index is 12.4. The van der Waals surface area contributed by atoms with Crippen LogP contribution in [0.5, 0.6) is 0 Å². The molecule has 134 valence electrons. The Labute approximate surface area is 153 Å². The van der Waals surface area contributed by atoms with E-state index in [2.05, 4.69) is 9.97 Å². The highest BCUT2D eigenvalue weighted by atomic mass is 35.5. The van der Waals surface area contributed by atoms with E-state index in [-0.39, 0.29) is 16.8 Å². The van der Waals surface area contributed by atoms with Crippen LogP contribution >= 0.6 is 11.6 Å². The highest BCUT2D eigenvalue weighted by Crippen LogP contribution is 2.22. The van der Waals surface area contributed by atoms with Crippen LogP contribution in [-0.2, 0) is 22.0 Å². The lowest BCUT2D eigenvalue weighted by Gasteiger charge is -2.19. The Morgan fingerprint density at radius 3 is 2.44 bits per heavy atom. The number of hydrogen-bond acceptors (Lipinski definition) is 5. The summed E-state index contributed by atoms with van der Waals surface area (Å²) in [5.41, 5.74) is 2.51. The fourth-order valence-corrected chi connectivity index (χ4v) is 3.48. The first kappa shape index (κ1) is 19.5. The van der Waals surface area contributed by atoms with E-state index in [1.807, 2.05) is 12.1 Å². The minimum atomic E-state index is -3.27. The zero-order valence-electron chi connectivity index (χ0n) is 14.7. The molecule has 1 aromatic heterocycles. The smallest absolute Gasteiger partial charge is 0.222 e. The van der Waals surface area contributed by atoms with Gasteiger partial charge in [0.1, 0.15) is 0 Å². The van der Waals surface area contributed by atoms with E-state index >= 15 is 0 Å². The number of benzene rings is 1. The molecule has 1 heterocycles. The lowest BCUT2D eigenvalue weighted by molar-refractivity contribution is 0.101. The molecule has 0 fully saturated rings. The summed E-state index contributed by atoms with van der Waals surface area (Å²) in [6.45, 7) is 6.51. The molecule has 0 aliphatic heterocycles. The average Bonchev–Trinajstić information content (AvgIpc) is 2.45. The topological polar surface area (TPSA) is 77.0 Å². The summed E-state index contributed by atoms with van der Waals surface area (Å²) in [6, 6.07) is 7.28. The van der Waals surface area contributed by atoms with E-state index in [9.17, 15) is 13.2 Å². The first-order chi connectivity index (χ1) is 11.5. The summed E-state index contributed by atoms with van der Waals surface area (Å²) in [5, 5.41) is 0.0754. The van der Waals surface area contributed by atoms with E-state index in [0.717, 1.165) is 5.56 Å². The second-order valence-electron chi connectivity index (χ2n) is 6.92. The molecule has 0 saturated heterocycles. The Balaban J connectivity index is 2.32. The molecule has 0 aliphatic carbocycles. The number of aromatic nitrogens is 2. The molecule has 0 unspecified atom stereocenters. The van der Waals surface area contributed by atoms with Crippen molar-refractivity contribution in [2.24, 2.45) is 0 Å². The van der Waals surface area contributed by atoms with Crippen molar-refractivity contribution < 1.29 is 13.2 Å². The van der Waals surface area contributed by atoms with E-state index in [0.29, 0.717) is 23.2 Å². The van der Waals surface area contributed by atoms with Crippen LogP contribution in [0.4, 0.5) is 0 Å². The second-order valence-corrected chi connectivity index (χ2v) is 10.0. The number of ketones is 1. The molecular formula is C18H21ClN2O3S. The van der Waals surface area contributed by atoms with Crippen LogP contribution in [0.1, 0.15) is 54.9 Å². The third-order valence-electron chi connectivity index (χ3n) is 3.87. The third kappa shape index (κ3) is 4.86. The van der Waals surface area contributed by atoms with E-state index in [1.54, 1.807) is 32.9 Å². The SMILES string of the molecule is CC(=O)c1cnc(Cl)nc1Cc1cccc(CS(=O)(=O)C(C)(C)C)c1. The summed E-state index contributed by atoms with van der Waals surface area (Å²) < 4.78 is 24.0. The molecule has 1 aromatic carbocycles. The van der Waals surface area contributed by atoms with Crippen molar-refractivity contribution in [3.8, 4) is 0 Å². The highest BCUT2D eigenvalue weighted by Gasteiger charge is 2.29. The molecule has 0 radical (unpaired) electrons.